The van der Waals surface area contributed by atoms with Crippen molar-refractivity contribution in [1.82, 2.24) is 0 Å². The fraction of sp³-hybridized carbons (Fsp3) is 0.654. The summed E-state index contributed by atoms with van der Waals surface area (Å²) in [5, 5.41) is 10.7. The van der Waals surface area contributed by atoms with Crippen LogP contribution < -0.4 is 0 Å². The number of rotatable bonds is 1. The number of halogens is 1. The highest BCUT2D eigenvalue weighted by molar-refractivity contribution is 9.10. The molecule has 4 fully saturated rings. The molecule has 4 saturated carbocycles. The number of hydrogen-bond donors (Lipinski definition) is 1. The quantitative estimate of drug-likeness (QED) is 0.495. The van der Waals surface area contributed by atoms with Crippen LogP contribution in [0, 0.1) is 34.5 Å². The van der Waals surface area contributed by atoms with Gasteiger partial charge in [0.25, 0.3) is 0 Å². The van der Waals surface area contributed by atoms with Gasteiger partial charge in [0.05, 0.1) is 6.10 Å². The van der Waals surface area contributed by atoms with Crippen molar-refractivity contribution in [2.75, 3.05) is 0 Å². The molecule has 0 saturated heterocycles. The summed E-state index contributed by atoms with van der Waals surface area (Å²) in [5.41, 5.74) is 2.52. The molecule has 1 aromatic carbocycles. The van der Waals surface area contributed by atoms with Gasteiger partial charge in [0.2, 0.25) is 0 Å². The zero-order valence-corrected chi connectivity index (χ0v) is 19.2. The van der Waals surface area contributed by atoms with E-state index in [-0.39, 0.29) is 16.9 Å². The summed E-state index contributed by atoms with van der Waals surface area (Å²) in [5.74, 6) is 3.01. The molecular formula is C26H33BrO2. The first-order valence-electron chi connectivity index (χ1n) is 11.5. The van der Waals surface area contributed by atoms with E-state index in [0.717, 1.165) is 47.2 Å². The zero-order valence-electron chi connectivity index (χ0n) is 17.7. The molecule has 1 N–H and O–H groups in total. The number of aliphatic hydroxyl groups is 1. The average Bonchev–Trinajstić information content (AvgIpc) is 3.00. The first-order chi connectivity index (χ1) is 13.8. The molecule has 0 bridgehead atoms. The number of Topliss-reactive ketones (excluding diaryl/α,β-unsaturated/α-hetero) is 1. The standard InChI is InChI=1S/C26H33BrO2/c1-25-12-11-22-20(21(25)9-10-24(25)29)8-5-18-14-23(28)17(15-26(18,22)2)13-16-3-6-19(27)7-4-16/h3-4,6-7,13,18,20-22,24,29H,5,8-12,14-15H2,1-2H3/b17-13-/t18-,20+,21+,22+,24+,25-,26-/m0/s1. The Bertz CT molecular complexity index is 843. The fourth-order valence-corrected chi connectivity index (χ4v) is 8.14. The van der Waals surface area contributed by atoms with Crippen molar-refractivity contribution in [3.8, 4) is 0 Å². The Morgan fingerprint density at radius 1 is 1.00 bits per heavy atom. The second-order valence-corrected chi connectivity index (χ2v) is 11.7. The molecule has 0 amide bonds. The highest BCUT2D eigenvalue weighted by Gasteiger charge is 2.60. The zero-order chi connectivity index (χ0) is 20.4. The number of ketones is 1. The van der Waals surface area contributed by atoms with Crippen LogP contribution in [0.4, 0.5) is 0 Å². The van der Waals surface area contributed by atoms with Crippen LogP contribution in [0.3, 0.4) is 0 Å². The van der Waals surface area contributed by atoms with Crippen molar-refractivity contribution >= 4 is 27.8 Å². The minimum Gasteiger partial charge on any atom is -0.393 e. The van der Waals surface area contributed by atoms with Gasteiger partial charge in [-0.15, -0.1) is 0 Å². The maximum Gasteiger partial charge on any atom is 0.159 e. The predicted molar refractivity (Wildman–Crippen MR) is 120 cm³/mol. The topological polar surface area (TPSA) is 37.3 Å². The Morgan fingerprint density at radius 2 is 1.72 bits per heavy atom. The number of carbonyl (C=O) groups is 1. The van der Waals surface area contributed by atoms with Gasteiger partial charge >= 0.3 is 0 Å². The molecule has 7 atom stereocenters. The summed E-state index contributed by atoms with van der Waals surface area (Å²) < 4.78 is 1.07. The van der Waals surface area contributed by atoms with Gasteiger partial charge < -0.3 is 5.11 Å². The Kier molecular flexibility index (Phi) is 4.86. The number of benzene rings is 1. The minimum absolute atomic E-state index is 0.111. The maximum atomic E-state index is 13.0. The Morgan fingerprint density at radius 3 is 2.48 bits per heavy atom. The molecule has 29 heavy (non-hydrogen) atoms. The first-order valence-corrected chi connectivity index (χ1v) is 12.3. The molecule has 4 aliphatic rings. The minimum atomic E-state index is -0.111. The summed E-state index contributed by atoms with van der Waals surface area (Å²) in [7, 11) is 0. The second kappa shape index (κ2) is 7.05. The molecule has 4 aliphatic carbocycles. The number of carbonyl (C=O) groups excluding carboxylic acids is 1. The van der Waals surface area contributed by atoms with Crippen molar-refractivity contribution in [3.05, 3.63) is 39.9 Å². The summed E-state index contributed by atoms with van der Waals surface area (Å²) in [6.07, 6.45) is 10.7. The summed E-state index contributed by atoms with van der Waals surface area (Å²) in [6, 6.07) is 8.28. The highest BCUT2D eigenvalue weighted by Crippen LogP contribution is 2.66. The third-order valence-electron chi connectivity index (χ3n) is 9.59. The van der Waals surface area contributed by atoms with Gasteiger partial charge in [-0.1, -0.05) is 41.9 Å². The van der Waals surface area contributed by atoms with Crippen molar-refractivity contribution in [2.45, 2.75) is 71.3 Å². The molecule has 1 aromatic rings. The van der Waals surface area contributed by atoms with Gasteiger partial charge in [0, 0.05) is 10.9 Å². The van der Waals surface area contributed by atoms with E-state index in [2.05, 4.69) is 48.0 Å². The number of hydrogen-bond acceptors (Lipinski definition) is 2. The molecule has 0 aliphatic heterocycles. The Balaban J connectivity index is 1.45. The van der Waals surface area contributed by atoms with Gasteiger partial charge in [-0.3, -0.25) is 4.79 Å². The molecule has 0 radical (unpaired) electrons. The van der Waals surface area contributed by atoms with Gasteiger partial charge in [0.1, 0.15) is 0 Å². The normalized spacial score (nSPS) is 45.6. The van der Waals surface area contributed by atoms with E-state index >= 15 is 0 Å². The molecule has 0 unspecified atom stereocenters. The lowest BCUT2D eigenvalue weighted by Crippen LogP contribution is -2.54. The number of aliphatic hydroxyl groups excluding tert-OH is 1. The molecule has 156 valence electrons. The van der Waals surface area contributed by atoms with Crippen LogP contribution in [0.15, 0.2) is 34.3 Å². The van der Waals surface area contributed by atoms with Gasteiger partial charge in [-0.25, -0.2) is 0 Å². The van der Waals surface area contributed by atoms with E-state index in [4.69, 9.17) is 0 Å². The number of fused-ring (bicyclic) bond motifs is 5. The Hall–Kier alpha value is -0.930. The van der Waals surface area contributed by atoms with Crippen molar-refractivity contribution in [3.63, 3.8) is 0 Å². The van der Waals surface area contributed by atoms with Gasteiger partial charge in [-0.05, 0) is 109 Å². The third-order valence-corrected chi connectivity index (χ3v) is 10.1. The summed E-state index contributed by atoms with van der Waals surface area (Å²) >= 11 is 3.50. The molecule has 0 aromatic heterocycles. The number of allylic oxidation sites excluding steroid dienone is 1. The average molecular weight is 457 g/mol. The highest BCUT2D eigenvalue weighted by atomic mass is 79.9. The smallest absolute Gasteiger partial charge is 0.159 e. The van der Waals surface area contributed by atoms with Gasteiger partial charge in [0.15, 0.2) is 5.78 Å². The van der Waals surface area contributed by atoms with Crippen LogP contribution in [-0.2, 0) is 4.79 Å². The van der Waals surface area contributed by atoms with Crippen molar-refractivity contribution in [1.29, 1.82) is 0 Å². The lowest BCUT2D eigenvalue weighted by molar-refractivity contribution is -0.134. The molecular weight excluding hydrogens is 424 g/mol. The monoisotopic (exact) mass is 456 g/mol. The van der Waals surface area contributed by atoms with E-state index in [1.165, 1.54) is 25.7 Å². The predicted octanol–water partition coefficient (Wildman–Crippen LogP) is 6.42. The third kappa shape index (κ3) is 3.10. The molecule has 0 spiro atoms. The van der Waals surface area contributed by atoms with Crippen LogP contribution in [0.1, 0.15) is 70.8 Å². The molecule has 0 heterocycles. The first kappa shape index (κ1) is 20.0. The largest absolute Gasteiger partial charge is 0.393 e. The van der Waals surface area contributed by atoms with Crippen molar-refractivity contribution < 1.29 is 9.90 Å². The lowest BCUT2D eigenvalue weighted by atomic mass is 9.45. The van der Waals surface area contributed by atoms with Crippen LogP contribution in [0.5, 0.6) is 0 Å². The summed E-state index contributed by atoms with van der Waals surface area (Å²) in [4.78, 5) is 13.0. The van der Waals surface area contributed by atoms with Gasteiger partial charge in [-0.2, -0.15) is 0 Å². The van der Waals surface area contributed by atoms with E-state index < -0.39 is 0 Å². The fourth-order valence-electron chi connectivity index (χ4n) is 7.87. The molecule has 5 rings (SSSR count). The van der Waals surface area contributed by atoms with Crippen LogP contribution >= 0.6 is 15.9 Å². The van der Waals surface area contributed by atoms with E-state index in [1.54, 1.807) is 0 Å². The van der Waals surface area contributed by atoms with Crippen LogP contribution in [0.2, 0.25) is 0 Å². The van der Waals surface area contributed by atoms with Crippen LogP contribution in [-0.4, -0.2) is 17.0 Å². The Labute approximate surface area is 183 Å². The SMILES string of the molecule is C[C@]12C/C(=C/c3ccc(Br)cc3)C(=O)C[C@@H]1CC[C@H]1[C@H]2CC[C@]2(C)[C@H](O)CC[C@H]12. The molecule has 3 heteroatoms. The maximum absolute atomic E-state index is 13.0. The lowest BCUT2D eigenvalue weighted by Gasteiger charge is -2.60. The second-order valence-electron chi connectivity index (χ2n) is 10.8. The van der Waals surface area contributed by atoms with E-state index in [9.17, 15) is 9.90 Å². The van der Waals surface area contributed by atoms with Crippen molar-refractivity contribution in [2.24, 2.45) is 34.5 Å². The summed E-state index contributed by atoms with van der Waals surface area (Å²) in [6.45, 7) is 4.84. The van der Waals surface area contributed by atoms with E-state index in [0.29, 0.717) is 23.5 Å². The van der Waals surface area contributed by atoms with E-state index in [1.807, 2.05) is 12.1 Å². The molecule has 2 nitrogen and oxygen atoms in total. The van der Waals surface area contributed by atoms with Crippen LogP contribution in [0.25, 0.3) is 6.08 Å².